The number of benzene rings is 1. The van der Waals surface area contributed by atoms with E-state index >= 15 is 0 Å². The fourth-order valence-corrected chi connectivity index (χ4v) is 0.973. The molecule has 0 saturated heterocycles. The van der Waals surface area contributed by atoms with Crippen LogP contribution in [0.5, 0.6) is 5.75 Å². The summed E-state index contributed by atoms with van der Waals surface area (Å²) in [5.74, 6) is -6.13. The summed E-state index contributed by atoms with van der Waals surface area (Å²) in [4.78, 5) is 10.6. The number of rotatable bonds is 4. The van der Waals surface area contributed by atoms with Crippen LogP contribution in [0.2, 0.25) is 0 Å². The molecule has 0 heterocycles. The highest BCUT2D eigenvalue weighted by Crippen LogP contribution is 2.27. The Labute approximate surface area is 95.1 Å². The van der Waals surface area contributed by atoms with E-state index in [-0.39, 0.29) is 0 Å². The van der Waals surface area contributed by atoms with E-state index in [1.807, 2.05) is 0 Å². The Hall–Kier alpha value is -2.37. The molecule has 90 valence electrons. The van der Waals surface area contributed by atoms with Crippen LogP contribution in [0.15, 0.2) is 36.8 Å². The summed E-state index contributed by atoms with van der Waals surface area (Å²) in [6.07, 6.45) is 0. The molecule has 1 rings (SSSR count). The van der Waals surface area contributed by atoms with Crippen LogP contribution in [-0.4, -0.2) is 16.2 Å². The number of carboxylic acid groups (broad SMARTS) is 1. The van der Waals surface area contributed by atoms with Crippen molar-refractivity contribution in [2.24, 2.45) is 0 Å². The molecule has 1 aromatic carbocycles. The Balaban J connectivity index is 3.23. The van der Waals surface area contributed by atoms with Crippen molar-refractivity contribution in [1.82, 2.24) is 0 Å². The summed E-state index contributed by atoms with van der Waals surface area (Å²) in [6, 6.07) is 1.49. The first kappa shape index (κ1) is 12.7. The van der Waals surface area contributed by atoms with E-state index < -0.39 is 40.4 Å². The molecule has 6 heteroatoms. The van der Waals surface area contributed by atoms with Crippen LogP contribution in [-0.2, 0) is 0 Å². The van der Waals surface area contributed by atoms with Crippen molar-refractivity contribution in [3.05, 3.63) is 54.0 Å². The molecule has 0 spiro atoms. The lowest BCUT2D eigenvalue weighted by Crippen LogP contribution is -2.06. The minimum atomic E-state index is -1.57. The predicted octanol–water partition coefficient (Wildman–Crippen LogP) is 2.63. The van der Waals surface area contributed by atoms with Crippen molar-refractivity contribution in [3.8, 4) is 5.75 Å². The minimum Gasteiger partial charge on any atom is -0.505 e. The average molecular weight is 242 g/mol. The predicted molar refractivity (Wildman–Crippen MR) is 54.9 cm³/mol. The summed E-state index contributed by atoms with van der Waals surface area (Å²) >= 11 is 0. The molecule has 0 radical (unpaired) electrons. The van der Waals surface area contributed by atoms with Gasteiger partial charge in [-0.3, -0.25) is 0 Å². The van der Waals surface area contributed by atoms with Gasteiger partial charge in [-0.25, -0.2) is 13.6 Å². The van der Waals surface area contributed by atoms with E-state index in [1.165, 1.54) is 0 Å². The van der Waals surface area contributed by atoms with Crippen molar-refractivity contribution in [3.63, 3.8) is 0 Å². The van der Waals surface area contributed by atoms with E-state index in [9.17, 15) is 13.6 Å². The maximum absolute atomic E-state index is 13.5. The highest BCUT2D eigenvalue weighted by molar-refractivity contribution is 5.88. The molecule has 0 atom stereocenters. The number of aliphatic hydroxyl groups excluding tert-OH is 1. The first-order chi connectivity index (χ1) is 7.84. The van der Waals surface area contributed by atoms with Crippen molar-refractivity contribution in [2.75, 3.05) is 0 Å². The highest BCUT2D eigenvalue weighted by Gasteiger charge is 2.20. The molecule has 0 aromatic heterocycles. The smallest absolute Gasteiger partial charge is 0.338 e. The monoisotopic (exact) mass is 242 g/mol. The summed E-state index contributed by atoms with van der Waals surface area (Å²) in [5, 5.41) is 17.5. The lowest BCUT2D eigenvalue weighted by Gasteiger charge is -2.10. The number of hydrogen-bond donors (Lipinski definition) is 2. The SMILES string of the molecule is C=C(O)C(=C)Oc1c(F)ccc(C(=O)O)c1F. The van der Waals surface area contributed by atoms with E-state index in [2.05, 4.69) is 17.9 Å². The van der Waals surface area contributed by atoms with Gasteiger partial charge in [0.15, 0.2) is 23.1 Å². The molecule has 0 saturated carbocycles. The standard InChI is InChI=1S/C11H8F2O4/c1-5(14)6(2)17-10-8(12)4-3-7(9(10)13)11(15)16/h3-4,14H,1-2H2,(H,15,16). The second kappa shape index (κ2) is 4.65. The van der Waals surface area contributed by atoms with Gasteiger partial charge in [0.2, 0.25) is 0 Å². The molecule has 0 aliphatic heterocycles. The molecule has 4 nitrogen and oxygen atoms in total. The van der Waals surface area contributed by atoms with E-state index in [4.69, 9.17) is 10.2 Å². The van der Waals surface area contributed by atoms with Crippen LogP contribution in [0.3, 0.4) is 0 Å². The summed E-state index contributed by atoms with van der Waals surface area (Å²) < 4.78 is 31.3. The van der Waals surface area contributed by atoms with Crippen LogP contribution in [0, 0.1) is 11.6 Å². The van der Waals surface area contributed by atoms with Gasteiger partial charge in [-0.05, 0) is 12.1 Å². The zero-order chi connectivity index (χ0) is 13.2. The molecule has 0 unspecified atom stereocenters. The maximum atomic E-state index is 13.5. The van der Waals surface area contributed by atoms with Crippen LogP contribution in [0.1, 0.15) is 10.4 Å². The third kappa shape index (κ3) is 2.60. The molecule has 2 N–H and O–H groups in total. The zero-order valence-electron chi connectivity index (χ0n) is 8.54. The number of ether oxygens (including phenoxy) is 1. The molecule has 17 heavy (non-hydrogen) atoms. The third-order valence-electron chi connectivity index (χ3n) is 1.83. The van der Waals surface area contributed by atoms with Gasteiger partial charge in [0.1, 0.15) is 5.76 Å². The highest BCUT2D eigenvalue weighted by atomic mass is 19.1. The molecule has 0 aliphatic rings. The Kier molecular flexibility index (Phi) is 3.47. The third-order valence-corrected chi connectivity index (χ3v) is 1.83. The van der Waals surface area contributed by atoms with Gasteiger partial charge in [-0.2, -0.15) is 0 Å². The van der Waals surface area contributed by atoms with Crippen LogP contribution in [0.25, 0.3) is 0 Å². The first-order valence-corrected chi connectivity index (χ1v) is 4.31. The topological polar surface area (TPSA) is 66.8 Å². The van der Waals surface area contributed by atoms with E-state index in [0.717, 1.165) is 12.1 Å². The fraction of sp³-hybridized carbons (Fsp3) is 0. The first-order valence-electron chi connectivity index (χ1n) is 4.31. The second-order valence-corrected chi connectivity index (χ2v) is 3.02. The molecule has 0 fully saturated rings. The Morgan fingerprint density at radius 1 is 1.24 bits per heavy atom. The molecule has 0 amide bonds. The molecular formula is C11H8F2O4. The Morgan fingerprint density at radius 3 is 2.29 bits per heavy atom. The number of aliphatic hydroxyl groups is 1. The van der Waals surface area contributed by atoms with Crippen molar-refractivity contribution < 1.29 is 28.5 Å². The number of aromatic carboxylic acids is 1. The fourth-order valence-electron chi connectivity index (χ4n) is 0.973. The quantitative estimate of drug-likeness (QED) is 0.629. The lowest BCUT2D eigenvalue weighted by atomic mass is 10.2. The van der Waals surface area contributed by atoms with Crippen molar-refractivity contribution >= 4 is 5.97 Å². The van der Waals surface area contributed by atoms with Crippen LogP contribution < -0.4 is 4.74 Å². The Morgan fingerprint density at radius 2 is 1.82 bits per heavy atom. The van der Waals surface area contributed by atoms with E-state index in [1.54, 1.807) is 0 Å². The maximum Gasteiger partial charge on any atom is 0.338 e. The largest absolute Gasteiger partial charge is 0.505 e. The number of carbonyl (C=O) groups is 1. The zero-order valence-corrected chi connectivity index (χ0v) is 8.54. The van der Waals surface area contributed by atoms with Crippen LogP contribution >= 0.6 is 0 Å². The summed E-state index contributed by atoms with van der Waals surface area (Å²) in [7, 11) is 0. The van der Waals surface area contributed by atoms with Gasteiger partial charge in [-0.1, -0.05) is 13.2 Å². The van der Waals surface area contributed by atoms with Crippen molar-refractivity contribution in [2.45, 2.75) is 0 Å². The van der Waals surface area contributed by atoms with Gasteiger partial charge < -0.3 is 14.9 Å². The molecule has 1 aromatic rings. The summed E-state index contributed by atoms with van der Waals surface area (Å²) in [5.41, 5.74) is -0.752. The molecular weight excluding hydrogens is 234 g/mol. The lowest BCUT2D eigenvalue weighted by molar-refractivity contribution is 0.0691. The van der Waals surface area contributed by atoms with Crippen LogP contribution in [0.4, 0.5) is 8.78 Å². The van der Waals surface area contributed by atoms with Gasteiger partial charge >= 0.3 is 5.97 Å². The Bertz CT molecular complexity index is 508. The number of halogens is 2. The summed E-state index contributed by atoms with van der Waals surface area (Å²) in [6.45, 7) is 6.19. The van der Waals surface area contributed by atoms with Gasteiger partial charge in [0.25, 0.3) is 0 Å². The minimum absolute atomic E-state index is 0.481. The van der Waals surface area contributed by atoms with Gasteiger partial charge in [0, 0.05) is 0 Å². The average Bonchev–Trinajstić information content (AvgIpc) is 2.22. The molecule has 0 bridgehead atoms. The van der Waals surface area contributed by atoms with E-state index in [0.29, 0.717) is 0 Å². The van der Waals surface area contributed by atoms with Gasteiger partial charge in [-0.15, -0.1) is 0 Å². The second-order valence-electron chi connectivity index (χ2n) is 3.02. The molecule has 0 aliphatic carbocycles. The number of hydrogen-bond acceptors (Lipinski definition) is 3. The number of carboxylic acids is 1. The van der Waals surface area contributed by atoms with Gasteiger partial charge in [0.05, 0.1) is 5.56 Å². The van der Waals surface area contributed by atoms with Crippen molar-refractivity contribution in [1.29, 1.82) is 0 Å². The normalized spacial score (nSPS) is 9.76.